The number of aryl methyl sites for hydroxylation is 1. The molecule has 7 heteroatoms. The van der Waals surface area contributed by atoms with Crippen LogP contribution in [0.25, 0.3) is 17.1 Å². The van der Waals surface area contributed by atoms with Gasteiger partial charge in [0.2, 0.25) is 0 Å². The van der Waals surface area contributed by atoms with Gasteiger partial charge in [-0.3, -0.25) is 4.79 Å². The number of imidazole rings is 1. The van der Waals surface area contributed by atoms with Crippen molar-refractivity contribution in [3.05, 3.63) is 66.7 Å². The first kappa shape index (κ1) is 17.0. The molecule has 0 radical (unpaired) electrons. The molecule has 3 aromatic heterocycles. The monoisotopic (exact) mass is 364 g/mol. The van der Waals surface area contributed by atoms with Crippen molar-refractivity contribution >= 4 is 11.6 Å². The minimum atomic E-state index is -0.147. The molecule has 0 bridgehead atoms. The van der Waals surface area contributed by atoms with Crippen molar-refractivity contribution in [2.75, 3.05) is 13.2 Å². The van der Waals surface area contributed by atoms with Gasteiger partial charge in [-0.05, 0) is 30.7 Å². The molecule has 138 valence electrons. The van der Waals surface area contributed by atoms with Gasteiger partial charge in [0.1, 0.15) is 17.1 Å². The molecule has 7 nitrogen and oxygen atoms in total. The molecule has 0 saturated carbocycles. The van der Waals surface area contributed by atoms with Crippen molar-refractivity contribution in [3.63, 3.8) is 0 Å². The zero-order valence-electron chi connectivity index (χ0n) is 15.0. The van der Waals surface area contributed by atoms with Gasteiger partial charge < -0.3 is 19.0 Å². The topological polar surface area (TPSA) is 73.7 Å². The van der Waals surface area contributed by atoms with Gasteiger partial charge >= 0.3 is 0 Å². The number of nitrogens with zero attached hydrogens (tertiary/aromatic N) is 3. The van der Waals surface area contributed by atoms with E-state index < -0.39 is 0 Å². The van der Waals surface area contributed by atoms with Crippen LogP contribution in [0.3, 0.4) is 0 Å². The highest BCUT2D eigenvalue weighted by Crippen LogP contribution is 2.20. The number of ether oxygens (including phenoxy) is 1. The smallest absolute Gasteiger partial charge is 0.258 e. The molecular weight excluding hydrogens is 344 g/mol. The number of amides is 1. The molecule has 4 aromatic rings. The summed E-state index contributed by atoms with van der Waals surface area (Å²) in [4.78, 5) is 12.0. The van der Waals surface area contributed by atoms with Crippen molar-refractivity contribution in [1.82, 2.24) is 19.5 Å². The van der Waals surface area contributed by atoms with Crippen molar-refractivity contribution in [2.24, 2.45) is 0 Å². The van der Waals surface area contributed by atoms with Gasteiger partial charge in [-0.15, -0.1) is 0 Å². The Morgan fingerprint density at radius 2 is 2.11 bits per heavy atom. The fourth-order valence-electron chi connectivity index (χ4n) is 2.89. The molecule has 0 saturated heterocycles. The maximum atomic E-state index is 12.0. The minimum absolute atomic E-state index is 0.00126. The summed E-state index contributed by atoms with van der Waals surface area (Å²) < 4.78 is 14.8. The van der Waals surface area contributed by atoms with E-state index in [1.165, 1.54) is 0 Å². The number of hydrogen-bond acceptors (Lipinski definition) is 4. The Hall–Kier alpha value is -3.48. The van der Waals surface area contributed by atoms with Gasteiger partial charge in [0.15, 0.2) is 12.4 Å². The summed E-state index contributed by atoms with van der Waals surface area (Å²) >= 11 is 0. The van der Waals surface area contributed by atoms with E-state index in [2.05, 4.69) is 10.4 Å². The highest BCUT2D eigenvalue weighted by Gasteiger charge is 2.10. The molecule has 0 aliphatic rings. The van der Waals surface area contributed by atoms with Gasteiger partial charge in [-0.2, -0.15) is 5.10 Å². The van der Waals surface area contributed by atoms with Crippen LogP contribution in [0.15, 0.2) is 65.5 Å². The average Bonchev–Trinajstić information content (AvgIpc) is 3.39. The number of benzene rings is 1. The predicted octanol–water partition coefficient (Wildman–Crippen LogP) is 2.90. The molecule has 0 spiro atoms. The van der Waals surface area contributed by atoms with Crippen LogP contribution in [0.4, 0.5) is 0 Å². The molecule has 0 atom stereocenters. The molecule has 1 amide bonds. The van der Waals surface area contributed by atoms with Crippen LogP contribution in [0, 0.1) is 6.92 Å². The normalized spacial score (nSPS) is 11.0. The molecule has 27 heavy (non-hydrogen) atoms. The first-order valence-corrected chi connectivity index (χ1v) is 8.74. The second kappa shape index (κ2) is 7.41. The van der Waals surface area contributed by atoms with Gasteiger partial charge in [0, 0.05) is 31.5 Å². The number of para-hydroxylation sites is 1. The van der Waals surface area contributed by atoms with Crippen LogP contribution in [-0.4, -0.2) is 33.2 Å². The van der Waals surface area contributed by atoms with Crippen molar-refractivity contribution in [3.8, 4) is 17.2 Å². The SMILES string of the molecule is Cc1ccccc1OCC(=O)NCCn1ccn2nc(-c3ccco3)cc12. The molecule has 1 N–H and O–H groups in total. The first-order chi connectivity index (χ1) is 13.2. The maximum Gasteiger partial charge on any atom is 0.258 e. The van der Waals surface area contributed by atoms with Crippen LogP contribution < -0.4 is 10.1 Å². The molecule has 4 rings (SSSR count). The van der Waals surface area contributed by atoms with Crippen LogP contribution in [0.5, 0.6) is 5.75 Å². The lowest BCUT2D eigenvalue weighted by molar-refractivity contribution is -0.123. The van der Waals surface area contributed by atoms with Crippen LogP contribution in [0.1, 0.15) is 5.56 Å². The van der Waals surface area contributed by atoms with Gasteiger partial charge in [-0.25, -0.2) is 4.52 Å². The van der Waals surface area contributed by atoms with Crippen LogP contribution in [0.2, 0.25) is 0 Å². The second-order valence-corrected chi connectivity index (χ2v) is 6.21. The van der Waals surface area contributed by atoms with E-state index in [1.807, 2.05) is 66.3 Å². The fourth-order valence-corrected chi connectivity index (χ4v) is 2.89. The van der Waals surface area contributed by atoms with Crippen molar-refractivity contribution < 1.29 is 13.9 Å². The van der Waals surface area contributed by atoms with E-state index in [0.29, 0.717) is 13.1 Å². The lowest BCUT2D eigenvalue weighted by atomic mass is 10.2. The zero-order chi connectivity index (χ0) is 18.6. The fraction of sp³-hybridized carbons (Fsp3) is 0.200. The lowest BCUT2D eigenvalue weighted by Gasteiger charge is -2.09. The Kier molecular flexibility index (Phi) is 4.65. The summed E-state index contributed by atoms with van der Waals surface area (Å²) in [7, 11) is 0. The number of hydrogen-bond donors (Lipinski definition) is 1. The molecule has 0 fully saturated rings. The number of rotatable bonds is 7. The molecule has 3 heterocycles. The van der Waals surface area contributed by atoms with Crippen molar-refractivity contribution in [2.45, 2.75) is 13.5 Å². The third-order valence-electron chi connectivity index (χ3n) is 4.30. The Bertz CT molecular complexity index is 1050. The van der Waals surface area contributed by atoms with E-state index in [0.717, 1.165) is 28.4 Å². The maximum absolute atomic E-state index is 12.0. The molecule has 0 aliphatic heterocycles. The number of aromatic nitrogens is 3. The third-order valence-corrected chi connectivity index (χ3v) is 4.30. The van der Waals surface area contributed by atoms with Gasteiger partial charge in [0.25, 0.3) is 5.91 Å². The number of carbonyl (C=O) groups excluding carboxylic acids is 1. The van der Waals surface area contributed by atoms with Gasteiger partial charge in [-0.1, -0.05) is 18.2 Å². The molecular formula is C20H20N4O3. The second-order valence-electron chi connectivity index (χ2n) is 6.21. The van der Waals surface area contributed by atoms with Gasteiger partial charge in [0.05, 0.1) is 6.26 Å². The summed E-state index contributed by atoms with van der Waals surface area (Å²) in [6.45, 7) is 3.09. The molecule has 0 unspecified atom stereocenters. The molecule has 1 aromatic carbocycles. The summed E-state index contributed by atoms with van der Waals surface area (Å²) in [6.07, 6.45) is 5.44. The first-order valence-electron chi connectivity index (χ1n) is 8.74. The highest BCUT2D eigenvalue weighted by atomic mass is 16.5. The third kappa shape index (κ3) is 3.72. The largest absolute Gasteiger partial charge is 0.484 e. The average molecular weight is 364 g/mol. The van der Waals surface area contributed by atoms with Crippen LogP contribution >= 0.6 is 0 Å². The number of furan rings is 1. The Morgan fingerprint density at radius 3 is 2.93 bits per heavy atom. The number of carbonyl (C=O) groups is 1. The Balaban J connectivity index is 1.31. The van der Waals surface area contributed by atoms with Crippen LogP contribution in [-0.2, 0) is 11.3 Å². The standard InChI is InChI=1S/C20H20N4O3/c1-15-5-2-3-6-17(15)27-14-19(25)21-8-9-23-10-11-24-20(23)13-16(22-24)18-7-4-12-26-18/h2-7,10-13H,8-9,14H2,1H3,(H,21,25). The molecule has 0 aliphatic carbocycles. The number of nitrogens with one attached hydrogen (secondary N) is 1. The highest BCUT2D eigenvalue weighted by molar-refractivity contribution is 5.77. The van der Waals surface area contributed by atoms with E-state index in [-0.39, 0.29) is 12.5 Å². The predicted molar refractivity (Wildman–Crippen MR) is 101 cm³/mol. The Labute approximate surface area is 156 Å². The number of fused-ring (bicyclic) bond motifs is 1. The lowest BCUT2D eigenvalue weighted by Crippen LogP contribution is -2.31. The summed E-state index contributed by atoms with van der Waals surface area (Å²) in [5.74, 6) is 1.31. The summed E-state index contributed by atoms with van der Waals surface area (Å²) in [5, 5.41) is 7.36. The van der Waals surface area contributed by atoms with E-state index >= 15 is 0 Å². The minimum Gasteiger partial charge on any atom is -0.484 e. The summed E-state index contributed by atoms with van der Waals surface area (Å²) in [5.41, 5.74) is 2.72. The van der Waals surface area contributed by atoms with E-state index in [9.17, 15) is 4.79 Å². The zero-order valence-corrected chi connectivity index (χ0v) is 15.0. The quantitative estimate of drug-likeness (QED) is 0.547. The van der Waals surface area contributed by atoms with Crippen molar-refractivity contribution in [1.29, 1.82) is 0 Å². The Morgan fingerprint density at radius 1 is 1.22 bits per heavy atom. The summed E-state index contributed by atoms with van der Waals surface area (Å²) in [6, 6.07) is 13.3. The van der Waals surface area contributed by atoms with E-state index in [1.54, 1.807) is 10.8 Å². The van der Waals surface area contributed by atoms with E-state index in [4.69, 9.17) is 9.15 Å².